The first-order valence-corrected chi connectivity index (χ1v) is 6.84. The Balaban J connectivity index is 2.22. The topological polar surface area (TPSA) is 12.0 Å². The fourth-order valence-corrected chi connectivity index (χ4v) is 2.34. The minimum absolute atomic E-state index is 0.102. The average molecular weight is 275 g/mol. The van der Waals surface area contributed by atoms with E-state index in [1.165, 1.54) is 17.7 Å². The van der Waals surface area contributed by atoms with Gasteiger partial charge in [0.1, 0.15) is 0 Å². The number of likely N-dealkylation sites (N-methyl/N-ethyl adjacent to an activating group) is 1. The molecule has 2 aromatic carbocycles. The molecule has 0 fully saturated rings. The van der Waals surface area contributed by atoms with Crippen molar-refractivity contribution in [1.29, 1.82) is 0 Å². The van der Waals surface area contributed by atoms with Crippen LogP contribution in [0.2, 0.25) is 0 Å². The van der Waals surface area contributed by atoms with E-state index in [4.69, 9.17) is 0 Å². The SMILES string of the molecule is CCNC(Cc1ccc(F)c(F)c1)c1cccc(C)c1. The lowest BCUT2D eigenvalue weighted by Gasteiger charge is -2.19. The molecule has 2 aromatic rings. The molecule has 0 aliphatic rings. The summed E-state index contributed by atoms with van der Waals surface area (Å²) < 4.78 is 26.3. The lowest BCUT2D eigenvalue weighted by molar-refractivity contribution is 0.502. The Labute approximate surface area is 118 Å². The van der Waals surface area contributed by atoms with Crippen molar-refractivity contribution in [3.8, 4) is 0 Å². The van der Waals surface area contributed by atoms with Crippen molar-refractivity contribution in [3.63, 3.8) is 0 Å². The first kappa shape index (κ1) is 14.7. The predicted molar refractivity (Wildman–Crippen MR) is 77.7 cm³/mol. The van der Waals surface area contributed by atoms with Gasteiger partial charge in [0.05, 0.1) is 0 Å². The van der Waals surface area contributed by atoms with Gasteiger partial charge in [-0.3, -0.25) is 0 Å². The van der Waals surface area contributed by atoms with Crippen LogP contribution in [0.5, 0.6) is 0 Å². The van der Waals surface area contributed by atoms with Crippen LogP contribution in [0.25, 0.3) is 0 Å². The number of nitrogens with one attached hydrogen (secondary N) is 1. The average Bonchev–Trinajstić information content (AvgIpc) is 2.42. The van der Waals surface area contributed by atoms with Crippen LogP contribution in [0.1, 0.15) is 29.7 Å². The molecule has 0 spiro atoms. The fraction of sp³-hybridized carbons (Fsp3) is 0.294. The molecule has 20 heavy (non-hydrogen) atoms. The maximum atomic E-state index is 13.3. The van der Waals surface area contributed by atoms with Gasteiger partial charge in [-0.2, -0.15) is 0 Å². The van der Waals surface area contributed by atoms with Crippen molar-refractivity contribution >= 4 is 0 Å². The Bertz CT molecular complexity index is 581. The van der Waals surface area contributed by atoms with Gasteiger partial charge in [0.25, 0.3) is 0 Å². The maximum Gasteiger partial charge on any atom is 0.159 e. The number of hydrogen-bond donors (Lipinski definition) is 1. The van der Waals surface area contributed by atoms with Crippen molar-refractivity contribution in [2.75, 3.05) is 6.54 Å². The molecule has 3 heteroatoms. The summed E-state index contributed by atoms with van der Waals surface area (Å²) in [5, 5.41) is 3.39. The second-order valence-electron chi connectivity index (χ2n) is 4.98. The molecule has 1 nitrogen and oxygen atoms in total. The quantitative estimate of drug-likeness (QED) is 0.863. The molecule has 1 N–H and O–H groups in total. The van der Waals surface area contributed by atoms with E-state index in [0.29, 0.717) is 6.42 Å². The summed E-state index contributed by atoms with van der Waals surface area (Å²) in [6, 6.07) is 12.4. The second-order valence-corrected chi connectivity index (χ2v) is 4.98. The standard InChI is InChI=1S/C17H19F2N/c1-3-20-17(14-6-4-5-12(2)9-14)11-13-7-8-15(18)16(19)10-13/h4-10,17,20H,3,11H2,1-2H3. The van der Waals surface area contributed by atoms with Crippen LogP contribution in [-0.4, -0.2) is 6.54 Å². The monoisotopic (exact) mass is 275 g/mol. The summed E-state index contributed by atoms with van der Waals surface area (Å²) in [4.78, 5) is 0. The number of benzene rings is 2. The Morgan fingerprint density at radius 1 is 1.05 bits per heavy atom. The molecule has 106 valence electrons. The smallest absolute Gasteiger partial charge is 0.159 e. The largest absolute Gasteiger partial charge is 0.310 e. The van der Waals surface area contributed by atoms with E-state index in [1.807, 2.05) is 26.0 Å². The van der Waals surface area contributed by atoms with Crippen LogP contribution in [0.3, 0.4) is 0 Å². The highest BCUT2D eigenvalue weighted by Crippen LogP contribution is 2.20. The van der Waals surface area contributed by atoms with Crippen LogP contribution in [0, 0.1) is 18.6 Å². The Morgan fingerprint density at radius 3 is 2.50 bits per heavy atom. The van der Waals surface area contributed by atoms with Crippen LogP contribution < -0.4 is 5.32 Å². The van der Waals surface area contributed by atoms with Crippen molar-refractivity contribution < 1.29 is 8.78 Å². The van der Waals surface area contributed by atoms with Crippen LogP contribution in [-0.2, 0) is 6.42 Å². The molecular formula is C17H19F2N. The van der Waals surface area contributed by atoms with E-state index in [9.17, 15) is 8.78 Å². The van der Waals surface area contributed by atoms with E-state index < -0.39 is 11.6 Å². The van der Waals surface area contributed by atoms with Crippen LogP contribution in [0.4, 0.5) is 8.78 Å². The first-order chi connectivity index (χ1) is 9.60. The van der Waals surface area contributed by atoms with Crippen molar-refractivity contribution in [3.05, 3.63) is 70.8 Å². The zero-order valence-electron chi connectivity index (χ0n) is 11.8. The van der Waals surface area contributed by atoms with Gasteiger partial charge in [-0.25, -0.2) is 8.78 Å². The molecule has 0 aromatic heterocycles. The van der Waals surface area contributed by atoms with E-state index >= 15 is 0 Å². The highest BCUT2D eigenvalue weighted by atomic mass is 19.2. The minimum atomic E-state index is -0.802. The van der Waals surface area contributed by atoms with Gasteiger partial charge in [0.15, 0.2) is 11.6 Å². The molecule has 0 saturated heterocycles. The van der Waals surface area contributed by atoms with E-state index in [-0.39, 0.29) is 6.04 Å². The molecule has 0 bridgehead atoms. The van der Waals surface area contributed by atoms with Crippen molar-refractivity contribution in [2.24, 2.45) is 0 Å². The predicted octanol–water partition coefficient (Wildman–Crippen LogP) is 4.17. The molecule has 0 amide bonds. The van der Waals surface area contributed by atoms with Crippen LogP contribution in [0.15, 0.2) is 42.5 Å². The van der Waals surface area contributed by atoms with E-state index in [1.54, 1.807) is 6.07 Å². The minimum Gasteiger partial charge on any atom is -0.310 e. The molecule has 0 aliphatic carbocycles. The van der Waals surface area contributed by atoms with Crippen molar-refractivity contribution in [2.45, 2.75) is 26.3 Å². The summed E-state index contributed by atoms with van der Waals surface area (Å²) in [6.07, 6.45) is 0.633. The van der Waals surface area contributed by atoms with E-state index in [2.05, 4.69) is 17.4 Å². The zero-order valence-corrected chi connectivity index (χ0v) is 11.8. The Kier molecular flexibility index (Phi) is 4.85. The zero-order chi connectivity index (χ0) is 14.5. The number of hydrogen-bond acceptors (Lipinski definition) is 1. The molecule has 0 aliphatic heterocycles. The number of rotatable bonds is 5. The molecule has 0 heterocycles. The van der Waals surface area contributed by atoms with Crippen molar-refractivity contribution in [1.82, 2.24) is 5.32 Å². The molecule has 0 radical (unpaired) electrons. The normalized spacial score (nSPS) is 12.4. The highest BCUT2D eigenvalue weighted by Gasteiger charge is 2.12. The van der Waals surface area contributed by atoms with Gasteiger partial charge in [0.2, 0.25) is 0 Å². The Hall–Kier alpha value is -1.74. The summed E-state index contributed by atoms with van der Waals surface area (Å²) in [5.41, 5.74) is 3.14. The molecule has 2 rings (SSSR count). The summed E-state index contributed by atoms with van der Waals surface area (Å²) >= 11 is 0. The molecular weight excluding hydrogens is 256 g/mol. The lowest BCUT2D eigenvalue weighted by atomic mass is 9.97. The van der Waals surface area contributed by atoms with Gasteiger partial charge >= 0.3 is 0 Å². The van der Waals surface area contributed by atoms with E-state index in [0.717, 1.165) is 17.7 Å². The molecule has 1 atom stereocenters. The number of halogens is 2. The third kappa shape index (κ3) is 3.64. The van der Waals surface area contributed by atoms with Gasteiger partial charge in [0, 0.05) is 6.04 Å². The summed E-state index contributed by atoms with van der Waals surface area (Å²) in [7, 11) is 0. The van der Waals surface area contributed by atoms with Gasteiger partial charge in [-0.1, -0.05) is 42.8 Å². The third-order valence-electron chi connectivity index (χ3n) is 3.32. The maximum absolute atomic E-state index is 13.3. The molecule has 1 unspecified atom stereocenters. The summed E-state index contributed by atoms with van der Waals surface area (Å²) in [5.74, 6) is -1.59. The van der Waals surface area contributed by atoms with Gasteiger partial charge in [-0.05, 0) is 43.1 Å². The fourth-order valence-electron chi connectivity index (χ4n) is 2.34. The van der Waals surface area contributed by atoms with Gasteiger partial charge < -0.3 is 5.32 Å². The third-order valence-corrected chi connectivity index (χ3v) is 3.32. The second kappa shape index (κ2) is 6.62. The first-order valence-electron chi connectivity index (χ1n) is 6.84. The van der Waals surface area contributed by atoms with Crippen LogP contribution >= 0.6 is 0 Å². The molecule has 0 saturated carbocycles. The summed E-state index contributed by atoms with van der Waals surface area (Å²) in [6.45, 7) is 4.90. The highest BCUT2D eigenvalue weighted by molar-refractivity contribution is 5.28. The van der Waals surface area contributed by atoms with Gasteiger partial charge in [-0.15, -0.1) is 0 Å². The lowest BCUT2D eigenvalue weighted by Crippen LogP contribution is -2.23. The Morgan fingerprint density at radius 2 is 1.85 bits per heavy atom. The number of aryl methyl sites for hydroxylation is 1.